The zero-order chi connectivity index (χ0) is 16.5. The summed E-state index contributed by atoms with van der Waals surface area (Å²) in [6.07, 6.45) is 0.107. The van der Waals surface area contributed by atoms with E-state index < -0.39 is 5.79 Å². The van der Waals surface area contributed by atoms with Gasteiger partial charge in [0.15, 0.2) is 0 Å². The molecule has 0 amide bonds. The SMILES string of the molecule is Cc1ccc([C@]23OC[C@H](Cn4c2c(C)c2cc(C)ccc24)O3)cc1. The van der Waals surface area contributed by atoms with Crippen LogP contribution in [0, 0.1) is 20.8 Å². The molecule has 3 nitrogen and oxygen atoms in total. The average molecular weight is 319 g/mol. The van der Waals surface area contributed by atoms with Crippen molar-refractivity contribution in [2.24, 2.45) is 0 Å². The first kappa shape index (κ1) is 14.3. The van der Waals surface area contributed by atoms with Crippen molar-refractivity contribution in [3.8, 4) is 0 Å². The maximum atomic E-state index is 6.43. The van der Waals surface area contributed by atoms with E-state index in [-0.39, 0.29) is 6.10 Å². The third-order valence-electron chi connectivity index (χ3n) is 5.41. The van der Waals surface area contributed by atoms with E-state index in [0.717, 1.165) is 17.8 Å². The number of hydrogen-bond donors (Lipinski definition) is 0. The lowest BCUT2D eigenvalue weighted by Gasteiger charge is -2.34. The maximum absolute atomic E-state index is 6.43. The Morgan fingerprint density at radius 3 is 2.54 bits per heavy atom. The molecule has 5 rings (SSSR count). The highest BCUT2D eigenvalue weighted by Gasteiger charge is 2.51. The van der Waals surface area contributed by atoms with Gasteiger partial charge in [-0.15, -0.1) is 0 Å². The van der Waals surface area contributed by atoms with Crippen LogP contribution in [0.5, 0.6) is 0 Å². The molecule has 3 aromatic rings. The van der Waals surface area contributed by atoms with Gasteiger partial charge in [0.05, 0.1) is 18.8 Å². The molecule has 3 heterocycles. The number of benzene rings is 2. The number of rotatable bonds is 1. The number of aromatic nitrogens is 1. The Morgan fingerprint density at radius 1 is 1.00 bits per heavy atom. The van der Waals surface area contributed by atoms with Gasteiger partial charge >= 0.3 is 0 Å². The lowest BCUT2D eigenvalue weighted by atomic mass is 9.97. The fourth-order valence-corrected chi connectivity index (χ4v) is 4.24. The summed E-state index contributed by atoms with van der Waals surface area (Å²) in [6.45, 7) is 7.94. The normalized spacial score (nSPS) is 25.2. The first-order valence-electron chi connectivity index (χ1n) is 8.57. The van der Waals surface area contributed by atoms with Crippen LogP contribution in [0.4, 0.5) is 0 Å². The van der Waals surface area contributed by atoms with E-state index in [1.54, 1.807) is 0 Å². The minimum absolute atomic E-state index is 0.107. The highest BCUT2D eigenvalue weighted by atomic mass is 16.7. The number of aryl methyl sites for hydroxylation is 3. The average Bonchev–Trinajstić information content (AvgIpc) is 3.06. The molecular weight excluding hydrogens is 298 g/mol. The fourth-order valence-electron chi connectivity index (χ4n) is 4.24. The molecule has 0 saturated carbocycles. The van der Waals surface area contributed by atoms with Crippen molar-refractivity contribution in [2.45, 2.75) is 39.2 Å². The second-order valence-electron chi connectivity index (χ2n) is 7.14. The molecule has 2 aromatic carbocycles. The molecule has 1 saturated heterocycles. The Morgan fingerprint density at radius 2 is 1.75 bits per heavy atom. The van der Waals surface area contributed by atoms with Crippen LogP contribution >= 0.6 is 0 Å². The minimum Gasteiger partial charge on any atom is -0.338 e. The minimum atomic E-state index is -0.770. The Hall–Kier alpha value is -2.10. The number of hydrogen-bond acceptors (Lipinski definition) is 2. The third kappa shape index (κ3) is 1.74. The predicted molar refractivity (Wildman–Crippen MR) is 94.2 cm³/mol. The van der Waals surface area contributed by atoms with Gasteiger partial charge in [0.1, 0.15) is 6.10 Å². The van der Waals surface area contributed by atoms with Crippen molar-refractivity contribution in [1.82, 2.24) is 4.57 Å². The van der Waals surface area contributed by atoms with Crippen LogP contribution in [0.1, 0.15) is 27.9 Å². The van der Waals surface area contributed by atoms with Crippen LogP contribution in [-0.4, -0.2) is 17.3 Å². The second-order valence-corrected chi connectivity index (χ2v) is 7.14. The van der Waals surface area contributed by atoms with Gasteiger partial charge in [-0.3, -0.25) is 0 Å². The molecule has 0 unspecified atom stereocenters. The first-order valence-corrected chi connectivity index (χ1v) is 8.57. The fraction of sp³-hybridized carbons (Fsp3) is 0.333. The van der Waals surface area contributed by atoms with E-state index in [9.17, 15) is 0 Å². The van der Waals surface area contributed by atoms with Crippen molar-refractivity contribution in [2.75, 3.05) is 6.61 Å². The molecule has 0 radical (unpaired) electrons. The summed E-state index contributed by atoms with van der Waals surface area (Å²) in [6, 6.07) is 15.2. The van der Waals surface area contributed by atoms with Crippen LogP contribution in [0.15, 0.2) is 42.5 Å². The summed E-state index contributed by atoms with van der Waals surface area (Å²) < 4.78 is 15.2. The van der Waals surface area contributed by atoms with Crippen molar-refractivity contribution >= 4 is 10.9 Å². The molecule has 2 aliphatic heterocycles. The van der Waals surface area contributed by atoms with Gasteiger partial charge in [0.25, 0.3) is 0 Å². The Labute approximate surface area is 141 Å². The van der Waals surface area contributed by atoms with Crippen molar-refractivity contribution < 1.29 is 9.47 Å². The topological polar surface area (TPSA) is 23.4 Å². The molecule has 3 heteroatoms. The summed E-state index contributed by atoms with van der Waals surface area (Å²) in [5, 5.41) is 1.30. The van der Waals surface area contributed by atoms with Gasteiger partial charge < -0.3 is 14.0 Å². The zero-order valence-corrected chi connectivity index (χ0v) is 14.3. The summed E-state index contributed by atoms with van der Waals surface area (Å²) in [4.78, 5) is 0. The van der Waals surface area contributed by atoms with Crippen molar-refractivity contribution in [3.05, 3.63) is 70.4 Å². The summed E-state index contributed by atoms with van der Waals surface area (Å²) in [5.74, 6) is -0.770. The largest absolute Gasteiger partial charge is 0.338 e. The predicted octanol–water partition coefficient (Wildman–Crippen LogP) is 4.20. The van der Waals surface area contributed by atoms with Gasteiger partial charge in [-0.2, -0.15) is 0 Å². The number of ether oxygens (including phenoxy) is 2. The van der Waals surface area contributed by atoms with E-state index in [1.807, 2.05) is 0 Å². The standard InChI is InChI=1S/C21H21NO2/c1-13-4-7-16(8-5-13)21-20-15(3)18-10-14(2)6-9-19(18)22(20)11-17(24-21)12-23-21/h4-10,17H,11-12H2,1-3H3/t17-,21+/m0/s1. The molecule has 0 spiro atoms. The monoisotopic (exact) mass is 319 g/mol. The van der Waals surface area contributed by atoms with Crippen LogP contribution in [0.25, 0.3) is 10.9 Å². The molecule has 1 aromatic heterocycles. The van der Waals surface area contributed by atoms with E-state index in [4.69, 9.17) is 9.47 Å². The highest BCUT2D eigenvalue weighted by molar-refractivity contribution is 5.86. The van der Waals surface area contributed by atoms with Crippen LogP contribution in [0.2, 0.25) is 0 Å². The van der Waals surface area contributed by atoms with Gasteiger partial charge in [0, 0.05) is 16.5 Å². The second kappa shape index (κ2) is 4.71. The lowest BCUT2D eigenvalue weighted by Crippen LogP contribution is -2.38. The molecule has 122 valence electrons. The van der Waals surface area contributed by atoms with Gasteiger partial charge in [-0.25, -0.2) is 0 Å². The molecule has 1 fully saturated rings. The molecule has 2 aliphatic rings. The molecule has 2 bridgehead atoms. The van der Waals surface area contributed by atoms with Gasteiger partial charge in [-0.05, 0) is 38.5 Å². The maximum Gasteiger partial charge on any atom is 0.238 e. The van der Waals surface area contributed by atoms with Crippen molar-refractivity contribution in [3.63, 3.8) is 0 Å². The Kier molecular flexibility index (Phi) is 2.80. The smallest absolute Gasteiger partial charge is 0.238 e. The van der Waals surface area contributed by atoms with Crippen LogP contribution in [-0.2, 0) is 21.8 Å². The van der Waals surface area contributed by atoms with Gasteiger partial charge in [-0.1, -0.05) is 41.5 Å². The van der Waals surface area contributed by atoms with Crippen LogP contribution in [0.3, 0.4) is 0 Å². The third-order valence-corrected chi connectivity index (χ3v) is 5.41. The molecule has 0 aliphatic carbocycles. The van der Waals surface area contributed by atoms with E-state index in [1.165, 1.54) is 27.6 Å². The lowest BCUT2D eigenvalue weighted by molar-refractivity contribution is -0.160. The van der Waals surface area contributed by atoms with E-state index in [0.29, 0.717) is 6.61 Å². The van der Waals surface area contributed by atoms with E-state index in [2.05, 4.69) is 67.8 Å². The van der Waals surface area contributed by atoms with Crippen LogP contribution < -0.4 is 0 Å². The number of fused-ring (bicyclic) bond motifs is 6. The molecule has 24 heavy (non-hydrogen) atoms. The molecule has 0 N–H and O–H groups in total. The quantitative estimate of drug-likeness (QED) is 0.671. The van der Waals surface area contributed by atoms with Crippen molar-refractivity contribution in [1.29, 1.82) is 0 Å². The Balaban J connectivity index is 1.83. The van der Waals surface area contributed by atoms with Gasteiger partial charge in [0.2, 0.25) is 5.79 Å². The summed E-state index contributed by atoms with van der Waals surface area (Å²) >= 11 is 0. The summed E-state index contributed by atoms with van der Waals surface area (Å²) in [5.41, 5.74) is 7.30. The summed E-state index contributed by atoms with van der Waals surface area (Å²) in [7, 11) is 0. The Bertz CT molecular complexity index is 954. The van der Waals surface area contributed by atoms with E-state index >= 15 is 0 Å². The first-order chi connectivity index (χ1) is 11.6. The molecule has 2 atom stereocenters. The highest BCUT2D eigenvalue weighted by Crippen LogP contribution is 2.48. The molecular formula is C21H21NO2. The zero-order valence-electron chi connectivity index (χ0n) is 14.3. The number of nitrogens with zero attached hydrogens (tertiary/aromatic N) is 1.